The van der Waals surface area contributed by atoms with Crippen molar-refractivity contribution in [1.29, 1.82) is 0 Å². The highest BCUT2D eigenvalue weighted by atomic mass is 16.5. The van der Waals surface area contributed by atoms with Gasteiger partial charge in [0.05, 0.1) is 12.6 Å². The van der Waals surface area contributed by atoms with E-state index in [0.717, 1.165) is 19.6 Å². The first-order valence-electron chi connectivity index (χ1n) is 7.96. The standard InChI is InChI=1S/C15H29N3O2/c1-4-16-7-9-18(10-8-16)14-5-6-17(11-14)12-15(19)20-13(2)3/h13-14H,4-12H2,1-3H3/t14-/m0/s1. The smallest absolute Gasteiger partial charge is 0.320 e. The number of carbonyl (C=O) groups is 1. The third-order valence-corrected chi connectivity index (χ3v) is 4.34. The Balaban J connectivity index is 1.71. The Morgan fingerprint density at radius 3 is 2.45 bits per heavy atom. The Labute approximate surface area is 122 Å². The third kappa shape index (κ3) is 4.43. The van der Waals surface area contributed by atoms with E-state index in [1.165, 1.54) is 32.6 Å². The number of likely N-dealkylation sites (tertiary alicyclic amines) is 1. The highest BCUT2D eigenvalue weighted by Gasteiger charge is 2.30. The van der Waals surface area contributed by atoms with Crippen molar-refractivity contribution in [2.75, 3.05) is 52.4 Å². The molecule has 2 aliphatic heterocycles. The maximum atomic E-state index is 11.7. The molecule has 2 heterocycles. The van der Waals surface area contributed by atoms with E-state index < -0.39 is 0 Å². The second-order valence-electron chi connectivity index (χ2n) is 6.19. The Morgan fingerprint density at radius 2 is 1.85 bits per heavy atom. The van der Waals surface area contributed by atoms with Gasteiger partial charge < -0.3 is 9.64 Å². The average Bonchev–Trinajstić information content (AvgIpc) is 2.86. The summed E-state index contributed by atoms with van der Waals surface area (Å²) in [5.41, 5.74) is 0. The molecule has 5 heteroatoms. The highest BCUT2D eigenvalue weighted by Crippen LogP contribution is 2.17. The zero-order valence-electron chi connectivity index (χ0n) is 13.2. The van der Waals surface area contributed by atoms with Crippen molar-refractivity contribution in [3.05, 3.63) is 0 Å². The van der Waals surface area contributed by atoms with E-state index >= 15 is 0 Å². The molecule has 0 aromatic heterocycles. The first-order valence-corrected chi connectivity index (χ1v) is 7.96. The lowest BCUT2D eigenvalue weighted by molar-refractivity contribution is -0.148. The second kappa shape index (κ2) is 7.38. The van der Waals surface area contributed by atoms with Gasteiger partial charge in [0.1, 0.15) is 0 Å². The van der Waals surface area contributed by atoms with Gasteiger partial charge in [-0.05, 0) is 26.8 Å². The van der Waals surface area contributed by atoms with E-state index in [4.69, 9.17) is 4.74 Å². The zero-order valence-corrected chi connectivity index (χ0v) is 13.2. The zero-order chi connectivity index (χ0) is 14.5. The van der Waals surface area contributed by atoms with Crippen LogP contribution in [0.5, 0.6) is 0 Å². The molecule has 0 aliphatic carbocycles. The molecule has 0 aromatic carbocycles. The minimum Gasteiger partial charge on any atom is -0.462 e. The van der Waals surface area contributed by atoms with Crippen molar-refractivity contribution in [2.24, 2.45) is 0 Å². The number of esters is 1. The molecular weight excluding hydrogens is 254 g/mol. The van der Waals surface area contributed by atoms with E-state index in [1.807, 2.05) is 13.8 Å². The van der Waals surface area contributed by atoms with Crippen LogP contribution in [-0.4, -0.2) is 85.2 Å². The van der Waals surface area contributed by atoms with E-state index in [-0.39, 0.29) is 12.1 Å². The lowest BCUT2D eigenvalue weighted by Crippen LogP contribution is -2.50. The molecule has 5 nitrogen and oxygen atoms in total. The van der Waals surface area contributed by atoms with Crippen molar-refractivity contribution >= 4 is 5.97 Å². The molecule has 0 aromatic rings. The predicted molar refractivity (Wildman–Crippen MR) is 79.8 cm³/mol. The number of ether oxygens (including phenoxy) is 1. The van der Waals surface area contributed by atoms with Gasteiger partial charge in [0.2, 0.25) is 0 Å². The maximum Gasteiger partial charge on any atom is 0.320 e. The number of piperazine rings is 1. The molecule has 0 amide bonds. The Morgan fingerprint density at radius 1 is 1.15 bits per heavy atom. The molecule has 2 aliphatic rings. The third-order valence-electron chi connectivity index (χ3n) is 4.34. The number of carbonyl (C=O) groups excluding carboxylic acids is 1. The summed E-state index contributed by atoms with van der Waals surface area (Å²) in [5, 5.41) is 0. The van der Waals surface area contributed by atoms with Crippen molar-refractivity contribution in [2.45, 2.75) is 39.3 Å². The van der Waals surface area contributed by atoms with E-state index in [1.54, 1.807) is 0 Å². The number of likely N-dealkylation sites (N-methyl/N-ethyl adjacent to an activating group) is 1. The molecule has 0 saturated carbocycles. The van der Waals surface area contributed by atoms with Crippen molar-refractivity contribution in [1.82, 2.24) is 14.7 Å². The molecule has 2 saturated heterocycles. The molecular formula is C15H29N3O2. The van der Waals surface area contributed by atoms with Crippen LogP contribution in [0.15, 0.2) is 0 Å². The molecule has 2 fully saturated rings. The minimum atomic E-state index is -0.0866. The fourth-order valence-electron chi connectivity index (χ4n) is 3.18. The van der Waals surface area contributed by atoms with E-state index in [9.17, 15) is 4.79 Å². The van der Waals surface area contributed by atoms with Crippen LogP contribution in [0.2, 0.25) is 0 Å². The van der Waals surface area contributed by atoms with Crippen LogP contribution < -0.4 is 0 Å². The van der Waals surface area contributed by atoms with Crippen LogP contribution in [0.4, 0.5) is 0 Å². The van der Waals surface area contributed by atoms with Gasteiger partial charge in [0.25, 0.3) is 0 Å². The van der Waals surface area contributed by atoms with E-state index in [0.29, 0.717) is 12.6 Å². The highest BCUT2D eigenvalue weighted by molar-refractivity contribution is 5.71. The van der Waals surface area contributed by atoms with Gasteiger partial charge >= 0.3 is 5.97 Å². The molecule has 20 heavy (non-hydrogen) atoms. The normalized spacial score (nSPS) is 26.3. The van der Waals surface area contributed by atoms with Crippen LogP contribution in [0, 0.1) is 0 Å². The second-order valence-corrected chi connectivity index (χ2v) is 6.19. The van der Waals surface area contributed by atoms with Crippen LogP contribution >= 0.6 is 0 Å². The Bertz CT molecular complexity index is 314. The van der Waals surface area contributed by atoms with Crippen molar-refractivity contribution < 1.29 is 9.53 Å². The Kier molecular flexibility index (Phi) is 5.81. The molecule has 0 spiro atoms. The lowest BCUT2D eigenvalue weighted by Gasteiger charge is -2.37. The minimum absolute atomic E-state index is 0.0111. The lowest BCUT2D eigenvalue weighted by atomic mass is 10.2. The summed E-state index contributed by atoms with van der Waals surface area (Å²) in [6.45, 7) is 14.4. The molecule has 0 radical (unpaired) electrons. The summed E-state index contributed by atoms with van der Waals surface area (Å²) in [7, 11) is 0. The van der Waals surface area contributed by atoms with Gasteiger partial charge in [-0.15, -0.1) is 0 Å². The monoisotopic (exact) mass is 283 g/mol. The molecule has 0 unspecified atom stereocenters. The van der Waals surface area contributed by atoms with Gasteiger partial charge in [0, 0.05) is 45.3 Å². The maximum absolute atomic E-state index is 11.7. The van der Waals surface area contributed by atoms with Crippen molar-refractivity contribution in [3.8, 4) is 0 Å². The number of nitrogens with zero attached hydrogens (tertiary/aromatic N) is 3. The van der Waals surface area contributed by atoms with Gasteiger partial charge in [-0.25, -0.2) is 0 Å². The largest absolute Gasteiger partial charge is 0.462 e. The predicted octanol–water partition coefficient (Wildman–Crippen LogP) is 0.650. The van der Waals surface area contributed by atoms with Crippen LogP contribution in [-0.2, 0) is 9.53 Å². The van der Waals surface area contributed by atoms with Gasteiger partial charge in [0.15, 0.2) is 0 Å². The quantitative estimate of drug-likeness (QED) is 0.692. The van der Waals surface area contributed by atoms with Gasteiger partial charge in [-0.1, -0.05) is 6.92 Å². The fraction of sp³-hybridized carbons (Fsp3) is 0.933. The molecule has 2 rings (SSSR count). The summed E-state index contributed by atoms with van der Waals surface area (Å²) in [6.07, 6.45) is 1.17. The first-order chi connectivity index (χ1) is 9.58. The first kappa shape index (κ1) is 15.7. The molecule has 1 atom stereocenters. The van der Waals surface area contributed by atoms with Crippen LogP contribution in [0.1, 0.15) is 27.2 Å². The summed E-state index contributed by atoms with van der Waals surface area (Å²) in [6, 6.07) is 0.626. The number of rotatable bonds is 5. The average molecular weight is 283 g/mol. The fourth-order valence-corrected chi connectivity index (χ4v) is 3.18. The summed E-state index contributed by atoms with van der Waals surface area (Å²) < 4.78 is 5.22. The van der Waals surface area contributed by atoms with Crippen molar-refractivity contribution in [3.63, 3.8) is 0 Å². The molecule has 0 N–H and O–H groups in total. The Hall–Kier alpha value is -0.650. The van der Waals surface area contributed by atoms with Gasteiger partial charge in [-0.2, -0.15) is 0 Å². The van der Waals surface area contributed by atoms with Gasteiger partial charge in [-0.3, -0.25) is 14.6 Å². The summed E-state index contributed by atoms with van der Waals surface area (Å²) in [4.78, 5) is 19.0. The SMILES string of the molecule is CCN1CCN([C@H]2CCN(CC(=O)OC(C)C)C2)CC1. The number of hydrogen-bond acceptors (Lipinski definition) is 5. The van der Waals surface area contributed by atoms with Crippen LogP contribution in [0.25, 0.3) is 0 Å². The topological polar surface area (TPSA) is 36.0 Å². The summed E-state index contributed by atoms with van der Waals surface area (Å²) >= 11 is 0. The van der Waals surface area contributed by atoms with Crippen LogP contribution in [0.3, 0.4) is 0 Å². The number of hydrogen-bond donors (Lipinski definition) is 0. The summed E-state index contributed by atoms with van der Waals surface area (Å²) in [5.74, 6) is -0.0866. The molecule has 116 valence electrons. The van der Waals surface area contributed by atoms with E-state index in [2.05, 4.69) is 21.6 Å². The molecule has 0 bridgehead atoms.